The highest BCUT2D eigenvalue weighted by molar-refractivity contribution is 5.95. The van der Waals surface area contributed by atoms with E-state index in [1.807, 2.05) is 50.2 Å². The molecule has 94 valence electrons. The van der Waals surface area contributed by atoms with Gasteiger partial charge in [0.05, 0.1) is 0 Å². The van der Waals surface area contributed by atoms with E-state index in [2.05, 4.69) is 5.32 Å². The molecule has 0 fully saturated rings. The van der Waals surface area contributed by atoms with Gasteiger partial charge in [0, 0.05) is 37.9 Å². The van der Waals surface area contributed by atoms with Gasteiger partial charge < -0.3 is 16.0 Å². The van der Waals surface area contributed by atoms with Crippen LogP contribution in [0.25, 0.3) is 0 Å². The number of benzene rings is 1. The summed E-state index contributed by atoms with van der Waals surface area (Å²) in [6.07, 6.45) is 0.843. The zero-order valence-corrected chi connectivity index (χ0v) is 10.7. The summed E-state index contributed by atoms with van der Waals surface area (Å²) in [6, 6.07) is 7.58. The molecule has 0 radical (unpaired) electrons. The minimum atomic E-state index is -0.0639. The van der Waals surface area contributed by atoms with Crippen LogP contribution in [0.2, 0.25) is 0 Å². The van der Waals surface area contributed by atoms with E-state index >= 15 is 0 Å². The van der Waals surface area contributed by atoms with Crippen LogP contribution in [0.3, 0.4) is 0 Å². The van der Waals surface area contributed by atoms with Gasteiger partial charge in [-0.15, -0.1) is 0 Å². The number of hydrogen-bond donors (Lipinski definition) is 2. The first kappa shape index (κ1) is 13.5. The molecule has 1 amide bonds. The van der Waals surface area contributed by atoms with Crippen LogP contribution in [0.5, 0.6) is 0 Å². The van der Waals surface area contributed by atoms with Crippen molar-refractivity contribution in [2.45, 2.75) is 19.4 Å². The van der Waals surface area contributed by atoms with Crippen molar-refractivity contribution < 1.29 is 4.79 Å². The second-order valence-corrected chi connectivity index (χ2v) is 4.26. The van der Waals surface area contributed by atoms with Crippen LogP contribution < -0.4 is 16.0 Å². The number of carbonyl (C=O) groups is 1. The predicted molar refractivity (Wildman–Crippen MR) is 71.4 cm³/mol. The molecule has 1 aromatic carbocycles. The van der Waals surface area contributed by atoms with E-state index in [0.29, 0.717) is 12.1 Å². The molecule has 1 rings (SSSR count). The van der Waals surface area contributed by atoms with Crippen molar-refractivity contribution in [1.29, 1.82) is 0 Å². The summed E-state index contributed by atoms with van der Waals surface area (Å²) in [5, 5.41) is 2.92. The molecule has 1 atom stereocenters. The van der Waals surface area contributed by atoms with Gasteiger partial charge in [0.2, 0.25) is 0 Å². The Bertz CT molecular complexity index is 373. The van der Waals surface area contributed by atoms with Gasteiger partial charge in [0.15, 0.2) is 0 Å². The van der Waals surface area contributed by atoms with Gasteiger partial charge in [0.25, 0.3) is 5.91 Å². The van der Waals surface area contributed by atoms with Gasteiger partial charge in [-0.05, 0) is 24.6 Å². The normalized spacial score (nSPS) is 12.0. The summed E-state index contributed by atoms with van der Waals surface area (Å²) in [4.78, 5) is 13.9. The van der Waals surface area contributed by atoms with Crippen LogP contribution >= 0.6 is 0 Å². The maximum Gasteiger partial charge on any atom is 0.251 e. The zero-order valence-electron chi connectivity index (χ0n) is 10.7. The number of amides is 1. The summed E-state index contributed by atoms with van der Waals surface area (Å²) in [5.74, 6) is -0.0639. The van der Waals surface area contributed by atoms with Crippen molar-refractivity contribution in [3.05, 3.63) is 29.8 Å². The summed E-state index contributed by atoms with van der Waals surface area (Å²) in [6.45, 7) is 2.48. The fourth-order valence-corrected chi connectivity index (χ4v) is 1.52. The summed E-state index contributed by atoms with van der Waals surface area (Å²) in [5.41, 5.74) is 7.25. The molecule has 0 aliphatic heterocycles. The maximum atomic E-state index is 12.0. The number of rotatable bonds is 5. The second kappa shape index (κ2) is 6.25. The molecule has 0 bridgehead atoms. The number of nitrogens with one attached hydrogen (secondary N) is 1. The average molecular weight is 235 g/mol. The maximum absolute atomic E-state index is 12.0. The Morgan fingerprint density at radius 1 is 1.47 bits per heavy atom. The Labute approximate surface area is 103 Å². The third-order valence-corrected chi connectivity index (χ3v) is 2.74. The fourth-order valence-electron chi connectivity index (χ4n) is 1.52. The SMILES string of the molecule is CCC(CN)NC(=O)c1cccc(N(C)C)c1. The molecular formula is C13H21N3O. The van der Waals surface area contributed by atoms with Gasteiger partial charge in [-0.1, -0.05) is 13.0 Å². The van der Waals surface area contributed by atoms with Gasteiger partial charge in [0.1, 0.15) is 0 Å². The van der Waals surface area contributed by atoms with Crippen molar-refractivity contribution in [2.75, 3.05) is 25.5 Å². The van der Waals surface area contributed by atoms with Crippen molar-refractivity contribution in [3.8, 4) is 0 Å². The molecule has 0 aromatic heterocycles. The topological polar surface area (TPSA) is 58.4 Å². The Morgan fingerprint density at radius 2 is 2.18 bits per heavy atom. The number of nitrogens with zero attached hydrogens (tertiary/aromatic N) is 1. The van der Waals surface area contributed by atoms with E-state index in [9.17, 15) is 4.79 Å². The summed E-state index contributed by atoms with van der Waals surface area (Å²) in [7, 11) is 3.90. The molecule has 3 N–H and O–H groups in total. The van der Waals surface area contributed by atoms with Crippen LogP contribution in [0.1, 0.15) is 23.7 Å². The van der Waals surface area contributed by atoms with Crippen LogP contribution in [-0.4, -0.2) is 32.6 Å². The minimum absolute atomic E-state index is 0.0468. The van der Waals surface area contributed by atoms with Crippen LogP contribution in [0.15, 0.2) is 24.3 Å². The number of nitrogens with two attached hydrogens (primary N) is 1. The van der Waals surface area contributed by atoms with Crippen LogP contribution in [0, 0.1) is 0 Å². The molecular weight excluding hydrogens is 214 g/mol. The van der Waals surface area contributed by atoms with Crippen LogP contribution in [-0.2, 0) is 0 Å². The smallest absolute Gasteiger partial charge is 0.251 e. The van der Waals surface area contributed by atoms with Gasteiger partial charge in [-0.25, -0.2) is 0 Å². The number of hydrogen-bond acceptors (Lipinski definition) is 3. The quantitative estimate of drug-likeness (QED) is 0.806. The lowest BCUT2D eigenvalue weighted by molar-refractivity contribution is 0.0937. The molecule has 1 unspecified atom stereocenters. The summed E-state index contributed by atoms with van der Waals surface area (Å²) < 4.78 is 0. The molecule has 4 heteroatoms. The number of carbonyl (C=O) groups excluding carboxylic acids is 1. The first-order valence-corrected chi connectivity index (χ1v) is 5.86. The van der Waals surface area contributed by atoms with E-state index in [1.165, 1.54) is 0 Å². The first-order valence-electron chi connectivity index (χ1n) is 5.86. The van der Waals surface area contributed by atoms with Crippen molar-refractivity contribution in [1.82, 2.24) is 5.32 Å². The van der Waals surface area contributed by atoms with Gasteiger partial charge in [-0.2, -0.15) is 0 Å². The lowest BCUT2D eigenvalue weighted by Gasteiger charge is -2.16. The van der Waals surface area contributed by atoms with E-state index in [4.69, 9.17) is 5.73 Å². The molecule has 1 aromatic rings. The molecule has 0 aliphatic rings. The van der Waals surface area contributed by atoms with E-state index < -0.39 is 0 Å². The van der Waals surface area contributed by atoms with E-state index in [-0.39, 0.29) is 11.9 Å². The summed E-state index contributed by atoms with van der Waals surface area (Å²) >= 11 is 0. The van der Waals surface area contributed by atoms with E-state index in [1.54, 1.807) is 0 Å². The molecule has 0 heterocycles. The third-order valence-electron chi connectivity index (χ3n) is 2.74. The lowest BCUT2D eigenvalue weighted by Crippen LogP contribution is -2.39. The zero-order chi connectivity index (χ0) is 12.8. The van der Waals surface area contributed by atoms with Crippen LogP contribution in [0.4, 0.5) is 5.69 Å². The van der Waals surface area contributed by atoms with Crippen molar-refractivity contribution in [3.63, 3.8) is 0 Å². The Hall–Kier alpha value is -1.55. The lowest BCUT2D eigenvalue weighted by atomic mass is 10.1. The molecule has 0 spiro atoms. The average Bonchev–Trinajstić information content (AvgIpc) is 2.35. The monoisotopic (exact) mass is 235 g/mol. The standard InChI is InChI=1S/C13H21N3O/c1-4-11(9-14)15-13(17)10-6-5-7-12(8-10)16(2)3/h5-8,11H,4,9,14H2,1-3H3,(H,15,17). The Balaban J connectivity index is 2.78. The third kappa shape index (κ3) is 3.75. The minimum Gasteiger partial charge on any atom is -0.378 e. The highest BCUT2D eigenvalue weighted by atomic mass is 16.1. The van der Waals surface area contributed by atoms with Gasteiger partial charge >= 0.3 is 0 Å². The molecule has 0 saturated carbocycles. The molecule has 17 heavy (non-hydrogen) atoms. The molecule has 0 aliphatic carbocycles. The van der Waals surface area contributed by atoms with Gasteiger partial charge in [-0.3, -0.25) is 4.79 Å². The second-order valence-electron chi connectivity index (χ2n) is 4.26. The Kier molecular flexibility index (Phi) is 4.97. The Morgan fingerprint density at radius 3 is 2.71 bits per heavy atom. The first-order chi connectivity index (χ1) is 8.08. The fraction of sp³-hybridized carbons (Fsp3) is 0.462. The highest BCUT2D eigenvalue weighted by Crippen LogP contribution is 2.13. The molecule has 4 nitrogen and oxygen atoms in total. The largest absolute Gasteiger partial charge is 0.378 e. The highest BCUT2D eigenvalue weighted by Gasteiger charge is 2.11. The van der Waals surface area contributed by atoms with Crippen molar-refractivity contribution >= 4 is 11.6 Å². The van der Waals surface area contributed by atoms with E-state index in [0.717, 1.165) is 12.1 Å². The molecule has 0 saturated heterocycles. The number of anilines is 1. The predicted octanol–water partition coefficient (Wildman–Crippen LogP) is 1.22. The van der Waals surface area contributed by atoms with Crippen molar-refractivity contribution in [2.24, 2.45) is 5.73 Å².